The fraction of sp³-hybridized carbons (Fsp3) is 0.364. The Kier molecular flexibility index (Phi) is 7.41. The molecule has 2 rings (SSSR count). The molecule has 0 aromatic heterocycles. The molecule has 0 amide bonds. The van der Waals surface area contributed by atoms with Crippen LogP contribution in [0.2, 0.25) is 0 Å². The van der Waals surface area contributed by atoms with Gasteiger partial charge in [-0.1, -0.05) is 49.8 Å². The summed E-state index contributed by atoms with van der Waals surface area (Å²) >= 11 is 0. The van der Waals surface area contributed by atoms with Gasteiger partial charge < -0.3 is 9.64 Å². The highest BCUT2D eigenvalue weighted by Crippen LogP contribution is 2.18. The molecule has 0 aliphatic heterocycles. The molecule has 0 bridgehead atoms. The van der Waals surface area contributed by atoms with Gasteiger partial charge in [0.05, 0.1) is 6.61 Å². The average Bonchev–Trinajstić information content (AvgIpc) is 2.63. The Bertz CT molecular complexity index is 609. The van der Waals surface area contributed by atoms with Gasteiger partial charge in [0.25, 0.3) is 0 Å². The van der Waals surface area contributed by atoms with Crippen LogP contribution < -0.4 is 9.64 Å². The highest BCUT2D eigenvalue weighted by atomic mass is 16.5. The standard InChI is InChI=1S/C22H29NO/c1-4-7-18-24-22-16-12-20(13-17-22)9-8-19-10-14-21(15-11-19)23(5-2)6-3/h8-17H,4-7,18H2,1-3H3. The quantitative estimate of drug-likeness (QED) is 0.422. The summed E-state index contributed by atoms with van der Waals surface area (Å²) in [6.45, 7) is 9.42. The molecule has 0 aliphatic carbocycles. The number of nitrogens with zero attached hydrogens (tertiary/aromatic N) is 1. The summed E-state index contributed by atoms with van der Waals surface area (Å²) in [7, 11) is 0. The van der Waals surface area contributed by atoms with E-state index in [-0.39, 0.29) is 0 Å². The molecule has 0 aliphatic rings. The van der Waals surface area contributed by atoms with Gasteiger partial charge in [-0.2, -0.15) is 0 Å². The second-order valence-electron chi connectivity index (χ2n) is 5.87. The maximum atomic E-state index is 5.69. The van der Waals surface area contributed by atoms with E-state index < -0.39 is 0 Å². The van der Waals surface area contributed by atoms with Crippen LogP contribution in [0.4, 0.5) is 5.69 Å². The molecule has 0 unspecified atom stereocenters. The zero-order valence-electron chi connectivity index (χ0n) is 15.2. The molecule has 0 radical (unpaired) electrons. The van der Waals surface area contributed by atoms with E-state index in [1.54, 1.807) is 0 Å². The van der Waals surface area contributed by atoms with Crippen LogP contribution in [-0.4, -0.2) is 19.7 Å². The van der Waals surface area contributed by atoms with Crippen molar-refractivity contribution in [1.82, 2.24) is 0 Å². The molecular formula is C22H29NO. The Balaban J connectivity index is 1.95. The van der Waals surface area contributed by atoms with E-state index in [4.69, 9.17) is 4.74 Å². The van der Waals surface area contributed by atoms with Crippen molar-refractivity contribution in [3.05, 3.63) is 59.7 Å². The smallest absolute Gasteiger partial charge is 0.119 e. The Hall–Kier alpha value is -2.22. The highest BCUT2D eigenvalue weighted by molar-refractivity contribution is 5.70. The summed E-state index contributed by atoms with van der Waals surface area (Å²) in [5, 5.41) is 0. The summed E-state index contributed by atoms with van der Waals surface area (Å²) in [6.07, 6.45) is 6.56. The predicted octanol–water partition coefficient (Wildman–Crippen LogP) is 5.88. The fourth-order valence-electron chi connectivity index (χ4n) is 2.59. The first-order valence-corrected chi connectivity index (χ1v) is 9.02. The summed E-state index contributed by atoms with van der Waals surface area (Å²) in [4.78, 5) is 2.35. The number of benzene rings is 2. The molecule has 2 nitrogen and oxygen atoms in total. The molecule has 2 aromatic carbocycles. The van der Waals surface area contributed by atoms with E-state index in [0.717, 1.165) is 38.3 Å². The van der Waals surface area contributed by atoms with Crippen LogP contribution in [0.15, 0.2) is 48.5 Å². The fourth-order valence-corrected chi connectivity index (χ4v) is 2.59. The molecule has 0 fully saturated rings. The highest BCUT2D eigenvalue weighted by Gasteiger charge is 2.00. The molecule has 0 spiro atoms. The van der Waals surface area contributed by atoms with Crippen molar-refractivity contribution in [3.8, 4) is 5.75 Å². The Morgan fingerprint density at radius 2 is 1.33 bits per heavy atom. The first kappa shape index (κ1) is 18.1. The van der Waals surface area contributed by atoms with Crippen LogP contribution in [0.1, 0.15) is 44.7 Å². The average molecular weight is 323 g/mol. The second kappa shape index (κ2) is 9.82. The third kappa shape index (κ3) is 5.45. The summed E-state index contributed by atoms with van der Waals surface area (Å²) < 4.78 is 5.69. The molecule has 128 valence electrons. The molecule has 0 heterocycles. The van der Waals surface area contributed by atoms with Gasteiger partial charge in [0, 0.05) is 18.8 Å². The molecule has 2 aromatic rings. The van der Waals surface area contributed by atoms with E-state index in [1.165, 1.54) is 16.8 Å². The lowest BCUT2D eigenvalue weighted by atomic mass is 10.1. The molecule has 0 atom stereocenters. The van der Waals surface area contributed by atoms with Crippen LogP contribution in [0.5, 0.6) is 5.75 Å². The summed E-state index contributed by atoms with van der Waals surface area (Å²) in [5.74, 6) is 0.948. The maximum absolute atomic E-state index is 5.69. The van der Waals surface area contributed by atoms with E-state index in [9.17, 15) is 0 Å². The van der Waals surface area contributed by atoms with Gasteiger partial charge in [-0.25, -0.2) is 0 Å². The second-order valence-corrected chi connectivity index (χ2v) is 5.87. The van der Waals surface area contributed by atoms with E-state index in [2.05, 4.69) is 74.2 Å². The topological polar surface area (TPSA) is 12.5 Å². The minimum atomic E-state index is 0.796. The first-order chi connectivity index (χ1) is 11.8. The Morgan fingerprint density at radius 1 is 0.792 bits per heavy atom. The van der Waals surface area contributed by atoms with Crippen molar-refractivity contribution in [2.75, 3.05) is 24.6 Å². The van der Waals surface area contributed by atoms with Crippen LogP contribution in [0.25, 0.3) is 12.2 Å². The molecule has 24 heavy (non-hydrogen) atoms. The maximum Gasteiger partial charge on any atom is 0.119 e. The lowest BCUT2D eigenvalue weighted by molar-refractivity contribution is 0.309. The molecule has 0 saturated heterocycles. The molecule has 2 heteroatoms. The molecular weight excluding hydrogens is 294 g/mol. The van der Waals surface area contributed by atoms with Gasteiger partial charge in [-0.3, -0.25) is 0 Å². The zero-order valence-corrected chi connectivity index (χ0v) is 15.2. The van der Waals surface area contributed by atoms with Crippen molar-refractivity contribution >= 4 is 17.8 Å². The lowest BCUT2D eigenvalue weighted by Gasteiger charge is -2.20. The van der Waals surface area contributed by atoms with Crippen LogP contribution >= 0.6 is 0 Å². The van der Waals surface area contributed by atoms with Crippen molar-refractivity contribution in [2.45, 2.75) is 33.6 Å². The van der Waals surface area contributed by atoms with E-state index in [0.29, 0.717) is 0 Å². The van der Waals surface area contributed by atoms with Crippen molar-refractivity contribution < 1.29 is 4.74 Å². The van der Waals surface area contributed by atoms with Crippen LogP contribution in [0.3, 0.4) is 0 Å². The summed E-state index contributed by atoms with van der Waals surface area (Å²) in [5.41, 5.74) is 3.69. The lowest BCUT2D eigenvalue weighted by Crippen LogP contribution is -2.21. The van der Waals surface area contributed by atoms with E-state index in [1.807, 2.05) is 12.1 Å². The van der Waals surface area contributed by atoms with Gasteiger partial charge in [-0.15, -0.1) is 0 Å². The monoisotopic (exact) mass is 323 g/mol. The molecule has 0 saturated carbocycles. The minimum absolute atomic E-state index is 0.796. The van der Waals surface area contributed by atoms with Gasteiger partial charge in [0.1, 0.15) is 5.75 Å². The summed E-state index contributed by atoms with van der Waals surface area (Å²) in [6, 6.07) is 17.0. The van der Waals surface area contributed by atoms with E-state index >= 15 is 0 Å². The third-order valence-corrected chi connectivity index (χ3v) is 4.14. The number of ether oxygens (including phenoxy) is 1. The van der Waals surface area contributed by atoms with Crippen LogP contribution in [-0.2, 0) is 0 Å². The van der Waals surface area contributed by atoms with Crippen LogP contribution in [0, 0.1) is 0 Å². The number of hydrogen-bond acceptors (Lipinski definition) is 2. The largest absolute Gasteiger partial charge is 0.494 e. The zero-order chi connectivity index (χ0) is 17.2. The SMILES string of the molecule is CCCCOc1ccc(C=Cc2ccc(N(CC)CC)cc2)cc1. The predicted molar refractivity (Wildman–Crippen MR) is 106 cm³/mol. The van der Waals surface area contributed by atoms with Crippen molar-refractivity contribution in [3.63, 3.8) is 0 Å². The van der Waals surface area contributed by atoms with Gasteiger partial charge >= 0.3 is 0 Å². The van der Waals surface area contributed by atoms with Gasteiger partial charge in [0.2, 0.25) is 0 Å². The Morgan fingerprint density at radius 3 is 1.83 bits per heavy atom. The third-order valence-electron chi connectivity index (χ3n) is 4.14. The molecule has 0 N–H and O–H groups in total. The number of rotatable bonds is 9. The number of anilines is 1. The van der Waals surface area contributed by atoms with Crippen molar-refractivity contribution in [1.29, 1.82) is 0 Å². The van der Waals surface area contributed by atoms with Crippen molar-refractivity contribution in [2.24, 2.45) is 0 Å². The minimum Gasteiger partial charge on any atom is -0.494 e. The van der Waals surface area contributed by atoms with Gasteiger partial charge in [0.15, 0.2) is 0 Å². The number of hydrogen-bond donors (Lipinski definition) is 0. The first-order valence-electron chi connectivity index (χ1n) is 9.02. The number of unbranched alkanes of at least 4 members (excludes halogenated alkanes) is 1. The Labute approximate surface area is 146 Å². The normalized spacial score (nSPS) is 11.0. The van der Waals surface area contributed by atoms with Gasteiger partial charge in [-0.05, 0) is 55.7 Å².